The average molecular weight is 621 g/mol. The molecule has 0 radical (unpaired) electrons. The lowest BCUT2D eigenvalue weighted by Crippen LogP contribution is -2.51. The van der Waals surface area contributed by atoms with Crippen molar-refractivity contribution in [1.29, 1.82) is 0 Å². The maximum absolute atomic E-state index is 14.3. The van der Waals surface area contributed by atoms with Crippen molar-refractivity contribution in [2.75, 3.05) is 19.0 Å². The van der Waals surface area contributed by atoms with Crippen molar-refractivity contribution in [2.45, 2.75) is 63.6 Å². The molecule has 0 bridgehead atoms. The zero-order chi connectivity index (χ0) is 25.8. The highest BCUT2D eigenvalue weighted by molar-refractivity contribution is 14.1. The van der Waals surface area contributed by atoms with Gasteiger partial charge in [-0.1, -0.05) is 19.6 Å². The number of rotatable bonds is 9. The second-order valence-corrected chi connectivity index (χ2v) is 16.7. The number of urea groups is 1. The second-order valence-electron chi connectivity index (χ2n) is 9.86. The van der Waals surface area contributed by atoms with Gasteiger partial charge in [0.2, 0.25) is 0 Å². The monoisotopic (exact) mass is 620 g/mol. The minimum absolute atomic E-state index is 0.149. The van der Waals surface area contributed by atoms with Crippen LogP contribution in [0.4, 0.5) is 19.3 Å². The van der Waals surface area contributed by atoms with E-state index >= 15 is 0 Å². The molecule has 3 rings (SSSR count). The van der Waals surface area contributed by atoms with Crippen LogP contribution in [0, 0.1) is 15.2 Å². The largest absolute Gasteiger partial charge is 0.469 e. The Morgan fingerprint density at radius 1 is 1.26 bits per heavy atom. The summed E-state index contributed by atoms with van der Waals surface area (Å²) in [5, 5.41) is 9.50. The molecule has 1 aliphatic carbocycles. The van der Waals surface area contributed by atoms with Crippen LogP contribution >= 0.6 is 22.6 Å². The third-order valence-electron chi connectivity index (χ3n) is 5.96. The van der Waals surface area contributed by atoms with E-state index in [-0.39, 0.29) is 13.2 Å². The number of hydrogen-bond donors (Lipinski definition) is 2. The van der Waals surface area contributed by atoms with Crippen molar-refractivity contribution in [3.05, 3.63) is 44.8 Å². The summed E-state index contributed by atoms with van der Waals surface area (Å²) in [6.07, 6.45) is 3.26. The first-order valence-corrected chi connectivity index (χ1v) is 16.2. The summed E-state index contributed by atoms with van der Waals surface area (Å²) in [7, 11) is 0.0400. The summed E-state index contributed by atoms with van der Waals surface area (Å²) >= 11 is 1.79. The number of amides is 2. The molecule has 2 aromatic rings. The quantitative estimate of drug-likeness (QED) is 0.178. The van der Waals surface area contributed by atoms with Crippen molar-refractivity contribution in [3.8, 4) is 0 Å². The predicted octanol–water partition coefficient (Wildman–Crippen LogP) is 4.99. The lowest BCUT2D eigenvalue weighted by atomic mass is 9.77. The summed E-state index contributed by atoms with van der Waals surface area (Å²) in [6.45, 7) is 7.72. The molecule has 0 saturated carbocycles. The van der Waals surface area contributed by atoms with Crippen LogP contribution in [0.1, 0.15) is 30.5 Å². The number of ether oxygens (including phenoxy) is 2. The Balaban J connectivity index is 1.83. The van der Waals surface area contributed by atoms with Crippen LogP contribution < -0.4 is 10.6 Å². The number of benzene rings is 1. The minimum atomic E-state index is -1.23. The molecule has 0 unspecified atom stereocenters. The van der Waals surface area contributed by atoms with Crippen LogP contribution in [0.3, 0.4) is 0 Å². The summed E-state index contributed by atoms with van der Waals surface area (Å²) in [6, 6.07) is 2.43. The lowest BCUT2D eigenvalue weighted by Gasteiger charge is -2.37. The fourth-order valence-corrected chi connectivity index (χ4v) is 5.41. The molecular weight excluding hydrogens is 589 g/mol. The first-order valence-electron chi connectivity index (χ1n) is 11.4. The summed E-state index contributed by atoms with van der Waals surface area (Å²) in [5.74, 6) is -2.30. The lowest BCUT2D eigenvalue weighted by molar-refractivity contribution is -0.142. The van der Waals surface area contributed by atoms with E-state index in [1.807, 2.05) is 0 Å². The van der Waals surface area contributed by atoms with E-state index in [9.17, 15) is 18.4 Å². The third kappa shape index (κ3) is 7.00. The smallest absolute Gasteiger partial charge is 0.320 e. The molecule has 35 heavy (non-hydrogen) atoms. The van der Waals surface area contributed by atoms with Crippen LogP contribution in [0.5, 0.6) is 0 Å². The van der Waals surface area contributed by atoms with Gasteiger partial charge in [0.15, 0.2) is 11.6 Å². The number of aromatic nitrogens is 2. The van der Waals surface area contributed by atoms with Gasteiger partial charge in [0.05, 0.1) is 25.3 Å². The molecule has 0 fully saturated rings. The first-order chi connectivity index (χ1) is 16.4. The number of methoxy groups -OCH3 is 1. The van der Waals surface area contributed by atoms with Crippen LogP contribution in [-0.4, -0.2) is 43.6 Å². The Hall–Kier alpha value is -2.06. The summed E-state index contributed by atoms with van der Waals surface area (Å²) in [5.41, 5.74) is -0.183. The van der Waals surface area contributed by atoms with Crippen LogP contribution in [0.25, 0.3) is 0 Å². The van der Waals surface area contributed by atoms with Crippen molar-refractivity contribution >= 4 is 48.4 Å². The Labute approximate surface area is 218 Å². The topological polar surface area (TPSA) is 94.5 Å². The molecule has 192 valence electrons. The van der Waals surface area contributed by atoms with Gasteiger partial charge in [-0.15, -0.1) is 0 Å². The van der Waals surface area contributed by atoms with Crippen LogP contribution in [0.15, 0.2) is 18.3 Å². The number of anilines is 1. The minimum Gasteiger partial charge on any atom is -0.469 e. The van der Waals surface area contributed by atoms with Gasteiger partial charge in [-0.05, 0) is 60.0 Å². The van der Waals surface area contributed by atoms with E-state index in [1.165, 1.54) is 7.11 Å². The average Bonchev–Trinajstić information content (AvgIpc) is 3.17. The molecule has 2 amide bonds. The highest BCUT2D eigenvalue weighted by atomic mass is 127. The number of fused-ring (bicyclic) bond motifs is 1. The summed E-state index contributed by atoms with van der Waals surface area (Å²) in [4.78, 5) is 25.2. The fraction of sp³-hybridized carbons (Fsp3) is 0.522. The van der Waals surface area contributed by atoms with Gasteiger partial charge in [-0.2, -0.15) is 5.10 Å². The van der Waals surface area contributed by atoms with E-state index in [0.717, 1.165) is 23.9 Å². The van der Waals surface area contributed by atoms with E-state index in [4.69, 9.17) is 9.47 Å². The number of nitrogens with zero attached hydrogens (tertiary/aromatic N) is 2. The highest BCUT2D eigenvalue weighted by Gasteiger charge is 2.42. The van der Waals surface area contributed by atoms with Crippen molar-refractivity contribution in [2.24, 2.45) is 0 Å². The molecule has 0 saturated heterocycles. The molecule has 1 heterocycles. The van der Waals surface area contributed by atoms with Gasteiger partial charge < -0.3 is 20.1 Å². The fourth-order valence-electron chi connectivity index (χ4n) is 4.11. The standard InChI is InChI=1S/C23H31F2IN4O4Si/c1-33-20(31)12-23(29-22(32)28-21-17(24)10-15(26)11-18(21)25)7-5-6-19-16(23)13-27-30(19)14-34-8-9-35(2,3)4/h10-11,13H,5-9,12,14H2,1-4H3,(H2,28,29,32)/t23-/m0/s1. The van der Waals surface area contributed by atoms with Crippen LogP contribution in [-0.2, 0) is 33.0 Å². The molecule has 1 aromatic carbocycles. The molecule has 1 aliphatic rings. The third-order valence-corrected chi connectivity index (χ3v) is 8.29. The molecule has 1 aromatic heterocycles. The summed E-state index contributed by atoms with van der Waals surface area (Å²) < 4.78 is 41.4. The Morgan fingerprint density at radius 2 is 1.94 bits per heavy atom. The SMILES string of the molecule is COC(=O)C[C@@]1(NC(=O)Nc2c(F)cc(I)cc2F)CCCc2c1cnn2COCC[Si](C)(C)C. The number of carbonyl (C=O) groups is 2. The molecule has 2 N–H and O–H groups in total. The number of nitrogens with one attached hydrogen (secondary N) is 2. The Kier molecular flexibility index (Phi) is 8.91. The molecule has 12 heteroatoms. The van der Waals surface area contributed by atoms with Crippen molar-refractivity contribution < 1.29 is 27.8 Å². The highest BCUT2D eigenvalue weighted by Crippen LogP contribution is 2.38. The van der Waals surface area contributed by atoms with E-state index in [2.05, 4.69) is 35.4 Å². The van der Waals surface area contributed by atoms with Crippen molar-refractivity contribution in [3.63, 3.8) is 0 Å². The molecule has 1 atom stereocenters. The second kappa shape index (κ2) is 11.3. The predicted molar refractivity (Wildman–Crippen MR) is 139 cm³/mol. The molecule has 0 aliphatic heterocycles. The van der Waals surface area contributed by atoms with E-state index in [1.54, 1.807) is 33.5 Å². The zero-order valence-corrected chi connectivity index (χ0v) is 23.5. The van der Waals surface area contributed by atoms with Gasteiger partial charge in [-0.3, -0.25) is 4.79 Å². The van der Waals surface area contributed by atoms with Gasteiger partial charge in [-0.25, -0.2) is 18.3 Å². The van der Waals surface area contributed by atoms with Gasteiger partial charge in [0.1, 0.15) is 12.4 Å². The first kappa shape index (κ1) is 27.5. The Morgan fingerprint density at radius 3 is 2.57 bits per heavy atom. The number of esters is 1. The van der Waals surface area contributed by atoms with Crippen LogP contribution in [0.2, 0.25) is 25.7 Å². The van der Waals surface area contributed by atoms with Crippen molar-refractivity contribution in [1.82, 2.24) is 15.1 Å². The number of hydrogen-bond acceptors (Lipinski definition) is 5. The normalized spacial score (nSPS) is 17.6. The zero-order valence-electron chi connectivity index (χ0n) is 20.3. The van der Waals surface area contributed by atoms with E-state index in [0.29, 0.717) is 35.0 Å². The number of carbonyl (C=O) groups excluding carboxylic acids is 2. The molecule has 8 nitrogen and oxygen atoms in total. The van der Waals surface area contributed by atoms with Gasteiger partial charge >= 0.3 is 12.0 Å². The maximum atomic E-state index is 14.3. The Bertz CT molecular complexity index is 1070. The number of halogens is 3. The molecular formula is C23H31F2IN4O4Si. The van der Waals surface area contributed by atoms with E-state index < -0.39 is 42.9 Å². The van der Waals surface area contributed by atoms with Gasteiger partial charge in [0, 0.05) is 29.5 Å². The van der Waals surface area contributed by atoms with Gasteiger partial charge in [0.25, 0.3) is 0 Å². The maximum Gasteiger partial charge on any atom is 0.320 e. The molecule has 0 spiro atoms.